The highest BCUT2D eigenvalue weighted by Gasteiger charge is 2.23. The first-order valence-electron chi connectivity index (χ1n) is 7.47. The average molecular weight is 275 g/mol. The van der Waals surface area contributed by atoms with Crippen molar-refractivity contribution in [2.24, 2.45) is 5.41 Å². The maximum Gasteiger partial charge on any atom is 0.307 e. The van der Waals surface area contributed by atoms with Crippen molar-refractivity contribution in [1.82, 2.24) is 4.90 Å². The second-order valence-electron chi connectivity index (χ2n) is 6.63. The van der Waals surface area contributed by atoms with E-state index >= 15 is 0 Å². The van der Waals surface area contributed by atoms with Crippen LogP contribution in [-0.2, 0) is 17.8 Å². The quantitative estimate of drug-likeness (QED) is 0.916. The van der Waals surface area contributed by atoms with Crippen LogP contribution in [0.4, 0.5) is 0 Å². The molecule has 0 aliphatic carbocycles. The van der Waals surface area contributed by atoms with Gasteiger partial charge in [-0.15, -0.1) is 0 Å². The lowest BCUT2D eigenvalue weighted by Crippen LogP contribution is -2.25. The summed E-state index contributed by atoms with van der Waals surface area (Å²) in [6, 6.07) is 7.93. The van der Waals surface area contributed by atoms with E-state index < -0.39 is 5.97 Å². The van der Waals surface area contributed by atoms with E-state index in [1.807, 2.05) is 18.2 Å². The average Bonchev–Trinajstić information content (AvgIpc) is 2.53. The van der Waals surface area contributed by atoms with Crippen LogP contribution in [0.5, 0.6) is 0 Å². The first-order valence-corrected chi connectivity index (χ1v) is 7.47. The summed E-state index contributed by atoms with van der Waals surface area (Å²) in [6.07, 6.45) is 3.85. The van der Waals surface area contributed by atoms with Gasteiger partial charge in [0.25, 0.3) is 0 Å². The van der Waals surface area contributed by atoms with Gasteiger partial charge >= 0.3 is 5.97 Å². The van der Waals surface area contributed by atoms with E-state index in [4.69, 9.17) is 5.11 Å². The van der Waals surface area contributed by atoms with Gasteiger partial charge in [0.2, 0.25) is 0 Å². The Morgan fingerprint density at radius 2 is 1.90 bits per heavy atom. The van der Waals surface area contributed by atoms with Gasteiger partial charge in [0, 0.05) is 6.54 Å². The molecule has 2 rings (SSSR count). The first-order chi connectivity index (χ1) is 9.46. The molecule has 0 saturated carbocycles. The van der Waals surface area contributed by atoms with Gasteiger partial charge in [-0.2, -0.15) is 0 Å². The zero-order valence-electron chi connectivity index (χ0n) is 12.6. The number of carboxylic acids is 1. The van der Waals surface area contributed by atoms with E-state index in [2.05, 4.69) is 24.8 Å². The van der Waals surface area contributed by atoms with Gasteiger partial charge in [0.1, 0.15) is 0 Å². The smallest absolute Gasteiger partial charge is 0.307 e. The molecule has 0 aromatic heterocycles. The Balaban J connectivity index is 2.04. The lowest BCUT2D eigenvalue weighted by molar-refractivity contribution is -0.136. The number of carbonyl (C=O) groups is 1. The van der Waals surface area contributed by atoms with Crippen LogP contribution in [0.15, 0.2) is 24.3 Å². The van der Waals surface area contributed by atoms with Crippen LogP contribution < -0.4 is 0 Å². The Kier molecular flexibility index (Phi) is 4.81. The molecule has 110 valence electrons. The Bertz CT molecular complexity index is 468. The zero-order chi connectivity index (χ0) is 14.6. The number of hydrogen-bond acceptors (Lipinski definition) is 2. The highest BCUT2D eigenvalue weighted by molar-refractivity contribution is 5.70. The third-order valence-corrected chi connectivity index (χ3v) is 4.29. The molecule has 1 aliphatic heterocycles. The van der Waals surface area contributed by atoms with E-state index in [9.17, 15) is 4.79 Å². The Morgan fingerprint density at radius 3 is 2.60 bits per heavy atom. The number of hydrogen-bond donors (Lipinski definition) is 1. The van der Waals surface area contributed by atoms with Crippen molar-refractivity contribution in [3.63, 3.8) is 0 Å². The second-order valence-corrected chi connectivity index (χ2v) is 6.63. The Morgan fingerprint density at radius 1 is 1.20 bits per heavy atom. The molecule has 1 heterocycles. The predicted octanol–water partition coefficient (Wildman–Crippen LogP) is 3.33. The monoisotopic (exact) mass is 275 g/mol. The summed E-state index contributed by atoms with van der Waals surface area (Å²) in [7, 11) is 0. The molecule has 3 nitrogen and oxygen atoms in total. The van der Waals surface area contributed by atoms with Crippen LogP contribution in [0.2, 0.25) is 0 Å². The van der Waals surface area contributed by atoms with Gasteiger partial charge in [0.15, 0.2) is 0 Å². The molecule has 3 heteroatoms. The van der Waals surface area contributed by atoms with Gasteiger partial charge in [-0.1, -0.05) is 38.1 Å². The van der Waals surface area contributed by atoms with Crippen molar-refractivity contribution in [3.05, 3.63) is 35.4 Å². The fourth-order valence-electron chi connectivity index (χ4n) is 2.92. The SMILES string of the molecule is CC1(C)CCCN(Cc2ccccc2CC(=O)O)CC1. The molecule has 0 unspecified atom stereocenters. The molecule has 0 amide bonds. The number of likely N-dealkylation sites (tertiary alicyclic amines) is 1. The molecule has 1 aliphatic rings. The fourth-order valence-corrected chi connectivity index (χ4v) is 2.92. The van der Waals surface area contributed by atoms with E-state index in [1.165, 1.54) is 19.3 Å². The number of aliphatic carboxylic acids is 1. The summed E-state index contributed by atoms with van der Waals surface area (Å²) in [5, 5.41) is 9.00. The minimum absolute atomic E-state index is 0.121. The van der Waals surface area contributed by atoms with Crippen molar-refractivity contribution >= 4 is 5.97 Å². The van der Waals surface area contributed by atoms with Crippen LogP contribution in [0.3, 0.4) is 0 Å². The summed E-state index contributed by atoms with van der Waals surface area (Å²) in [4.78, 5) is 13.4. The third kappa shape index (κ3) is 4.34. The number of rotatable bonds is 4. The third-order valence-electron chi connectivity index (χ3n) is 4.29. The minimum Gasteiger partial charge on any atom is -0.481 e. The van der Waals surface area contributed by atoms with Crippen LogP contribution in [0.25, 0.3) is 0 Å². The van der Waals surface area contributed by atoms with Crippen LogP contribution >= 0.6 is 0 Å². The van der Waals surface area contributed by atoms with Crippen LogP contribution in [0, 0.1) is 5.41 Å². The first kappa shape index (κ1) is 15.0. The summed E-state index contributed by atoms with van der Waals surface area (Å²) < 4.78 is 0. The maximum absolute atomic E-state index is 10.9. The molecule has 0 bridgehead atoms. The predicted molar refractivity (Wildman–Crippen MR) is 80.7 cm³/mol. The standard InChI is InChI=1S/C17H25NO2/c1-17(2)8-5-10-18(11-9-17)13-15-7-4-3-6-14(15)12-16(19)20/h3-4,6-7H,5,8-13H2,1-2H3,(H,19,20). The van der Waals surface area contributed by atoms with Gasteiger partial charge in [-0.05, 0) is 48.9 Å². The number of nitrogens with zero attached hydrogens (tertiary/aromatic N) is 1. The lowest BCUT2D eigenvalue weighted by Gasteiger charge is -2.24. The number of benzene rings is 1. The van der Waals surface area contributed by atoms with E-state index in [-0.39, 0.29) is 6.42 Å². The summed E-state index contributed by atoms with van der Waals surface area (Å²) in [6.45, 7) is 7.78. The van der Waals surface area contributed by atoms with Crippen molar-refractivity contribution < 1.29 is 9.90 Å². The topological polar surface area (TPSA) is 40.5 Å². The molecule has 0 atom stereocenters. The largest absolute Gasteiger partial charge is 0.481 e. The van der Waals surface area contributed by atoms with E-state index in [1.54, 1.807) is 0 Å². The van der Waals surface area contributed by atoms with E-state index in [0.717, 1.165) is 30.8 Å². The molecule has 20 heavy (non-hydrogen) atoms. The molecule has 1 saturated heterocycles. The zero-order valence-corrected chi connectivity index (χ0v) is 12.6. The van der Waals surface area contributed by atoms with Crippen molar-refractivity contribution in [2.45, 2.75) is 46.1 Å². The minimum atomic E-state index is -0.755. The summed E-state index contributed by atoms with van der Waals surface area (Å²) >= 11 is 0. The summed E-state index contributed by atoms with van der Waals surface area (Å²) in [5.74, 6) is -0.755. The normalized spacial score (nSPS) is 19.5. The van der Waals surface area contributed by atoms with Gasteiger partial charge in [-0.3, -0.25) is 9.69 Å². The highest BCUT2D eigenvalue weighted by atomic mass is 16.4. The fraction of sp³-hybridized carbons (Fsp3) is 0.588. The maximum atomic E-state index is 10.9. The van der Waals surface area contributed by atoms with Crippen molar-refractivity contribution in [3.8, 4) is 0 Å². The number of carboxylic acid groups (broad SMARTS) is 1. The van der Waals surface area contributed by atoms with E-state index in [0.29, 0.717) is 5.41 Å². The molecular weight excluding hydrogens is 250 g/mol. The van der Waals surface area contributed by atoms with Crippen LogP contribution in [-0.4, -0.2) is 29.1 Å². The van der Waals surface area contributed by atoms with Gasteiger partial charge < -0.3 is 5.11 Å². The highest BCUT2D eigenvalue weighted by Crippen LogP contribution is 2.30. The van der Waals surface area contributed by atoms with Crippen LogP contribution in [0.1, 0.15) is 44.2 Å². The summed E-state index contributed by atoms with van der Waals surface area (Å²) in [5.41, 5.74) is 2.55. The van der Waals surface area contributed by atoms with Gasteiger partial charge in [0.05, 0.1) is 6.42 Å². The Labute approximate surface area is 121 Å². The Hall–Kier alpha value is -1.35. The molecular formula is C17H25NO2. The molecule has 1 aromatic rings. The lowest BCUT2D eigenvalue weighted by atomic mass is 9.85. The molecule has 1 aromatic carbocycles. The molecule has 1 N–H and O–H groups in total. The molecule has 1 fully saturated rings. The second kappa shape index (κ2) is 6.40. The molecule has 0 radical (unpaired) electrons. The van der Waals surface area contributed by atoms with Crippen molar-refractivity contribution in [2.75, 3.05) is 13.1 Å². The van der Waals surface area contributed by atoms with Gasteiger partial charge in [-0.25, -0.2) is 0 Å². The molecule has 0 spiro atoms. The van der Waals surface area contributed by atoms with Crippen molar-refractivity contribution in [1.29, 1.82) is 0 Å².